The molecule has 1 aliphatic heterocycles. The highest BCUT2D eigenvalue weighted by atomic mass is 16.5. The minimum absolute atomic E-state index is 0.0401. The molecule has 7 nitrogen and oxygen atoms in total. The van der Waals surface area contributed by atoms with Gasteiger partial charge in [0, 0.05) is 23.7 Å². The maximum atomic E-state index is 13.3. The molecule has 1 atom stereocenters. The third-order valence-corrected chi connectivity index (χ3v) is 5.26. The zero-order valence-electron chi connectivity index (χ0n) is 16.1. The van der Waals surface area contributed by atoms with Crippen molar-refractivity contribution in [3.05, 3.63) is 54.4 Å². The number of methoxy groups -OCH3 is 1. The lowest BCUT2D eigenvalue weighted by Gasteiger charge is -2.33. The summed E-state index contributed by atoms with van der Waals surface area (Å²) in [5.74, 6) is 0.791. The third kappa shape index (κ3) is 3.47. The number of nitrogens with zero attached hydrogens (tertiary/aromatic N) is 5. The second-order valence-electron chi connectivity index (χ2n) is 7.07. The monoisotopic (exact) mass is 377 g/mol. The molecule has 1 aromatic heterocycles. The van der Waals surface area contributed by atoms with Crippen LogP contribution in [0.3, 0.4) is 0 Å². The number of hydrogen-bond acceptors (Lipinski definition) is 5. The summed E-state index contributed by atoms with van der Waals surface area (Å²) in [5, 5.41) is 11.4. The van der Waals surface area contributed by atoms with E-state index in [1.165, 1.54) is 12.7 Å². The number of hydrogen-bond donors (Lipinski definition) is 0. The number of tetrazole rings is 1. The van der Waals surface area contributed by atoms with Gasteiger partial charge in [0.25, 0.3) is 5.91 Å². The highest BCUT2D eigenvalue weighted by Crippen LogP contribution is 2.32. The first-order valence-corrected chi connectivity index (χ1v) is 9.50. The summed E-state index contributed by atoms with van der Waals surface area (Å²) in [7, 11) is 1.64. The summed E-state index contributed by atoms with van der Waals surface area (Å²) in [4.78, 5) is 15.3. The third-order valence-electron chi connectivity index (χ3n) is 5.26. The van der Waals surface area contributed by atoms with Crippen molar-refractivity contribution in [1.82, 2.24) is 25.1 Å². The summed E-state index contributed by atoms with van der Waals surface area (Å²) in [6.45, 7) is 2.91. The minimum Gasteiger partial charge on any atom is -0.496 e. The standard InChI is InChI=1S/C21H23N5O2/c1-15-7-5-6-10-25(15)21(27)17-11-16(19-8-3-4-9-20(19)28-2)12-18(13-17)26-14-22-23-24-26/h3-4,8-9,11-15H,5-7,10H2,1-2H3. The van der Waals surface area contributed by atoms with Gasteiger partial charge < -0.3 is 9.64 Å². The first kappa shape index (κ1) is 18.2. The van der Waals surface area contributed by atoms with Gasteiger partial charge >= 0.3 is 0 Å². The predicted molar refractivity (Wildman–Crippen MR) is 105 cm³/mol. The van der Waals surface area contributed by atoms with Gasteiger partial charge in [0.2, 0.25) is 0 Å². The van der Waals surface area contributed by atoms with E-state index in [0.29, 0.717) is 5.56 Å². The summed E-state index contributed by atoms with van der Waals surface area (Å²) >= 11 is 0. The molecule has 4 rings (SSSR count). The first-order chi connectivity index (χ1) is 13.7. The van der Waals surface area contributed by atoms with Crippen molar-refractivity contribution in [2.75, 3.05) is 13.7 Å². The van der Waals surface area contributed by atoms with Crippen molar-refractivity contribution < 1.29 is 9.53 Å². The topological polar surface area (TPSA) is 73.1 Å². The van der Waals surface area contributed by atoms with Crippen molar-refractivity contribution in [3.63, 3.8) is 0 Å². The molecular formula is C21H23N5O2. The average Bonchev–Trinajstić information content (AvgIpc) is 3.28. The Balaban J connectivity index is 1.82. The van der Waals surface area contributed by atoms with Gasteiger partial charge in [-0.15, -0.1) is 5.10 Å². The zero-order chi connectivity index (χ0) is 19.5. The normalized spacial score (nSPS) is 16.8. The Kier molecular flexibility index (Phi) is 5.06. The molecule has 1 amide bonds. The van der Waals surface area contributed by atoms with Gasteiger partial charge in [0.05, 0.1) is 12.8 Å². The van der Waals surface area contributed by atoms with Gasteiger partial charge in [0.15, 0.2) is 0 Å². The predicted octanol–water partition coefficient (Wildman–Crippen LogP) is 3.35. The Bertz CT molecular complexity index is 971. The van der Waals surface area contributed by atoms with Crippen LogP contribution in [-0.4, -0.2) is 50.7 Å². The molecule has 0 bridgehead atoms. The second-order valence-corrected chi connectivity index (χ2v) is 7.07. The summed E-state index contributed by atoms with van der Waals surface area (Å²) in [6.07, 6.45) is 4.78. The smallest absolute Gasteiger partial charge is 0.254 e. The average molecular weight is 377 g/mol. The molecule has 0 radical (unpaired) electrons. The molecular weight excluding hydrogens is 354 g/mol. The van der Waals surface area contributed by atoms with Crippen LogP contribution in [0, 0.1) is 0 Å². The van der Waals surface area contributed by atoms with Crippen LogP contribution >= 0.6 is 0 Å². The highest BCUT2D eigenvalue weighted by molar-refractivity contribution is 5.96. The van der Waals surface area contributed by atoms with E-state index in [-0.39, 0.29) is 11.9 Å². The fourth-order valence-corrected chi connectivity index (χ4v) is 3.75. The fraction of sp³-hybridized carbons (Fsp3) is 0.333. The van der Waals surface area contributed by atoms with E-state index < -0.39 is 0 Å². The molecule has 0 aliphatic carbocycles. The molecule has 144 valence electrons. The molecule has 1 aliphatic rings. The Hall–Kier alpha value is -3.22. The molecule has 1 unspecified atom stereocenters. The summed E-state index contributed by atoms with van der Waals surface area (Å²) < 4.78 is 7.09. The zero-order valence-corrected chi connectivity index (χ0v) is 16.1. The number of carbonyl (C=O) groups excluding carboxylic acids is 1. The fourth-order valence-electron chi connectivity index (χ4n) is 3.75. The van der Waals surface area contributed by atoms with E-state index in [1.54, 1.807) is 11.8 Å². The van der Waals surface area contributed by atoms with E-state index >= 15 is 0 Å². The van der Waals surface area contributed by atoms with Gasteiger partial charge in [-0.3, -0.25) is 4.79 Å². The van der Waals surface area contributed by atoms with Gasteiger partial charge in [-0.2, -0.15) is 0 Å². The molecule has 0 saturated carbocycles. The lowest BCUT2D eigenvalue weighted by molar-refractivity contribution is 0.0635. The lowest BCUT2D eigenvalue weighted by atomic mass is 9.98. The van der Waals surface area contributed by atoms with Crippen LogP contribution in [0.5, 0.6) is 5.75 Å². The molecule has 0 N–H and O–H groups in total. The molecule has 1 saturated heterocycles. The summed E-state index contributed by atoms with van der Waals surface area (Å²) in [5.41, 5.74) is 3.17. The van der Waals surface area contributed by atoms with Crippen molar-refractivity contribution in [2.45, 2.75) is 32.2 Å². The van der Waals surface area contributed by atoms with E-state index in [1.807, 2.05) is 47.4 Å². The second kappa shape index (κ2) is 7.80. The number of piperidine rings is 1. The van der Waals surface area contributed by atoms with Crippen molar-refractivity contribution in [3.8, 4) is 22.6 Å². The minimum atomic E-state index is 0.0401. The maximum Gasteiger partial charge on any atom is 0.254 e. The van der Waals surface area contributed by atoms with Crippen LogP contribution in [0.1, 0.15) is 36.5 Å². The molecule has 0 spiro atoms. The van der Waals surface area contributed by atoms with Gasteiger partial charge in [0.1, 0.15) is 12.1 Å². The van der Waals surface area contributed by atoms with Crippen LogP contribution in [-0.2, 0) is 0 Å². The number of aromatic nitrogens is 4. The van der Waals surface area contributed by atoms with Gasteiger partial charge in [-0.05, 0) is 66.4 Å². The highest BCUT2D eigenvalue weighted by Gasteiger charge is 2.25. The number of likely N-dealkylation sites (tertiary alicyclic amines) is 1. The number of benzene rings is 2. The van der Waals surface area contributed by atoms with Crippen LogP contribution in [0.25, 0.3) is 16.8 Å². The summed E-state index contributed by atoms with van der Waals surface area (Å²) in [6, 6.07) is 13.7. The van der Waals surface area contributed by atoms with Crippen molar-refractivity contribution in [2.24, 2.45) is 0 Å². The SMILES string of the molecule is COc1ccccc1-c1cc(C(=O)N2CCCCC2C)cc(-n2cnnn2)c1. The van der Waals surface area contributed by atoms with E-state index in [0.717, 1.165) is 42.0 Å². The Morgan fingerprint density at radius 3 is 2.79 bits per heavy atom. The molecule has 1 fully saturated rings. The Morgan fingerprint density at radius 2 is 2.04 bits per heavy atom. The van der Waals surface area contributed by atoms with Gasteiger partial charge in [-0.25, -0.2) is 4.68 Å². The van der Waals surface area contributed by atoms with Crippen LogP contribution < -0.4 is 4.74 Å². The number of para-hydroxylation sites is 1. The van der Waals surface area contributed by atoms with Crippen molar-refractivity contribution >= 4 is 5.91 Å². The van der Waals surface area contributed by atoms with Crippen LogP contribution in [0.4, 0.5) is 0 Å². The Morgan fingerprint density at radius 1 is 1.18 bits per heavy atom. The first-order valence-electron chi connectivity index (χ1n) is 9.50. The van der Waals surface area contributed by atoms with Crippen molar-refractivity contribution in [1.29, 1.82) is 0 Å². The largest absolute Gasteiger partial charge is 0.496 e. The molecule has 7 heteroatoms. The lowest BCUT2D eigenvalue weighted by Crippen LogP contribution is -2.42. The number of carbonyl (C=O) groups is 1. The van der Waals surface area contributed by atoms with E-state index in [9.17, 15) is 4.79 Å². The van der Waals surface area contributed by atoms with Crippen LogP contribution in [0.2, 0.25) is 0 Å². The number of ether oxygens (including phenoxy) is 1. The van der Waals surface area contributed by atoms with Gasteiger partial charge in [-0.1, -0.05) is 18.2 Å². The Labute approximate surface area is 163 Å². The molecule has 3 aromatic rings. The maximum absolute atomic E-state index is 13.3. The molecule has 2 heterocycles. The number of amides is 1. The molecule has 28 heavy (non-hydrogen) atoms. The number of rotatable bonds is 4. The quantitative estimate of drug-likeness (QED) is 0.697. The molecule has 2 aromatic carbocycles. The van der Waals surface area contributed by atoms with Crippen LogP contribution in [0.15, 0.2) is 48.8 Å². The van der Waals surface area contributed by atoms with E-state index in [4.69, 9.17) is 4.74 Å². The van der Waals surface area contributed by atoms with E-state index in [2.05, 4.69) is 22.4 Å².